The molecule has 0 N–H and O–H groups in total. The second kappa shape index (κ2) is 6.62. The molecule has 2 aromatic heterocycles. The van der Waals surface area contributed by atoms with Gasteiger partial charge in [-0.1, -0.05) is 13.0 Å². The van der Waals surface area contributed by atoms with E-state index >= 15 is 0 Å². The third-order valence-corrected chi connectivity index (χ3v) is 6.17. The molecule has 0 aliphatic heterocycles. The van der Waals surface area contributed by atoms with Crippen LogP contribution >= 0.6 is 11.3 Å². The van der Waals surface area contributed by atoms with E-state index in [0.29, 0.717) is 5.76 Å². The van der Waals surface area contributed by atoms with Crippen LogP contribution < -0.4 is 0 Å². The van der Waals surface area contributed by atoms with Crippen LogP contribution in [0.4, 0.5) is 0 Å². The second-order valence-electron chi connectivity index (χ2n) is 4.97. The van der Waals surface area contributed by atoms with Crippen molar-refractivity contribution in [2.75, 3.05) is 18.6 Å². The van der Waals surface area contributed by atoms with Crippen molar-refractivity contribution in [3.63, 3.8) is 0 Å². The molecule has 120 valence electrons. The van der Waals surface area contributed by atoms with Crippen LogP contribution in [-0.2, 0) is 9.84 Å². The number of hydrogen-bond acceptors (Lipinski definition) is 6. The maximum absolute atomic E-state index is 12.6. The van der Waals surface area contributed by atoms with E-state index in [1.807, 2.05) is 17.5 Å². The fourth-order valence-electron chi connectivity index (χ4n) is 1.95. The summed E-state index contributed by atoms with van der Waals surface area (Å²) in [5.74, 6) is 0.0511. The van der Waals surface area contributed by atoms with Gasteiger partial charge in [0.25, 0.3) is 5.91 Å². The summed E-state index contributed by atoms with van der Waals surface area (Å²) in [4.78, 5) is 18.7. The number of hydrogen-bond donors (Lipinski definition) is 0. The molecule has 0 aliphatic rings. The normalized spacial score (nSPS) is 13.0. The summed E-state index contributed by atoms with van der Waals surface area (Å²) in [6.45, 7) is 3.30. The van der Waals surface area contributed by atoms with Crippen molar-refractivity contribution in [3.8, 4) is 10.6 Å². The number of amides is 1. The minimum Gasteiger partial charge on any atom is -0.442 e. The molecule has 1 unspecified atom stereocenters. The molecule has 0 radical (unpaired) electrons. The average Bonchev–Trinajstić information content (AvgIpc) is 3.15. The summed E-state index contributed by atoms with van der Waals surface area (Å²) >= 11 is 1.45. The van der Waals surface area contributed by atoms with Crippen LogP contribution in [-0.4, -0.2) is 48.8 Å². The van der Waals surface area contributed by atoms with Crippen molar-refractivity contribution in [1.82, 2.24) is 9.88 Å². The van der Waals surface area contributed by atoms with Gasteiger partial charge in [0, 0.05) is 18.8 Å². The van der Waals surface area contributed by atoms with E-state index in [9.17, 15) is 13.2 Å². The lowest BCUT2D eigenvalue weighted by molar-refractivity contribution is 0.0752. The Morgan fingerprint density at radius 2 is 2.23 bits per heavy atom. The molecular weight excluding hydrogens is 324 g/mol. The van der Waals surface area contributed by atoms with Gasteiger partial charge in [0.2, 0.25) is 0 Å². The smallest absolute Gasteiger partial charge is 0.276 e. The zero-order valence-electron chi connectivity index (χ0n) is 12.6. The van der Waals surface area contributed by atoms with Gasteiger partial charge in [-0.15, -0.1) is 11.3 Å². The minimum atomic E-state index is -3.16. The summed E-state index contributed by atoms with van der Waals surface area (Å²) in [6, 6.07) is 3.26. The largest absolute Gasteiger partial charge is 0.442 e. The molecule has 0 fully saturated rings. The number of sulfone groups is 1. The van der Waals surface area contributed by atoms with Gasteiger partial charge in [-0.25, -0.2) is 13.4 Å². The van der Waals surface area contributed by atoms with Crippen LogP contribution in [0.5, 0.6) is 0 Å². The van der Waals surface area contributed by atoms with Crippen LogP contribution in [0.25, 0.3) is 10.6 Å². The van der Waals surface area contributed by atoms with Crippen molar-refractivity contribution in [3.05, 3.63) is 29.6 Å². The van der Waals surface area contributed by atoms with E-state index in [-0.39, 0.29) is 23.1 Å². The Kier molecular flexibility index (Phi) is 5.02. The first-order valence-corrected chi connectivity index (χ1v) is 9.50. The number of aromatic nitrogens is 1. The van der Waals surface area contributed by atoms with E-state index in [1.54, 1.807) is 20.9 Å². The first-order valence-electron chi connectivity index (χ1n) is 6.80. The molecule has 0 spiro atoms. The Hall–Kier alpha value is -1.67. The molecule has 1 atom stereocenters. The van der Waals surface area contributed by atoms with Crippen molar-refractivity contribution in [1.29, 1.82) is 0 Å². The number of thiophene rings is 1. The summed E-state index contributed by atoms with van der Waals surface area (Å²) in [5.41, 5.74) is 0.200. The highest BCUT2D eigenvalue weighted by Gasteiger charge is 2.27. The highest BCUT2D eigenvalue weighted by Crippen LogP contribution is 2.28. The molecule has 6 nitrogen and oxygen atoms in total. The number of rotatable bonds is 6. The third kappa shape index (κ3) is 3.56. The molecule has 0 bridgehead atoms. The van der Waals surface area contributed by atoms with E-state index in [0.717, 1.165) is 4.88 Å². The first-order chi connectivity index (χ1) is 10.4. The zero-order valence-corrected chi connectivity index (χ0v) is 14.3. The van der Waals surface area contributed by atoms with Crippen LogP contribution in [0.15, 0.2) is 28.3 Å². The summed E-state index contributed by atoms with van der Waals surface area (Å²) in [7, 11) is -1.58. The predicted molar refractivity (Wildman–Crippen MR) is 85.7 cm³/mol. The van der Waals surface area contributed by atoms with Crippen molar-refractivity contribution >= 4 is 27.1 Å². The number of oxazole rings is 1. The Labute approximate surface area is 133 Å². The monoisotopic (exact) mass is 342 g/mol. The van der Waals surface area contributed by atoms with Gasteiger partial charge >= 0.3 is 0 Å². The van der Waals surface area contributed by atoms with Gasteiger partial charge < -0.3 is 9.32 Å². The Balaban J connectivity index is 2.20. The molecule has 2 rings (SSSR count). The Morgan fingerprint density at radius 3 is 2.82 bits per heavy atom. The lowest BCUT2D eigenvalue weighted by Crippen LogP contribution is -2.40. The van der Waals surface area contributed by atoms with Gasteiger partial charge in [-0.05, 0) is 18.4 Å². The minimum absolute atomic E-state index is 0.0593. The van der Waals surface area contributed by atoms with E-state index in [4.69, 9.17) is 4.42 Å². The lowest BCUT2D eigenvalue weighted by atomic mass is 10.2. The van der Waals surface area contributed by atoms with Crippen molar-refractivity contribution in [2.24, 2.45) is 0 Å². The molecule has 0 saturated carbocycles. The van der Waals surface area contributed by atoms with E-state index < -0.39 is 15.9 Å². The number of carbonyl (C=O) groups excluding carboxylic acids is 1. The molecule has 2 aromatic rings. The van der Waals surface area contributed by atoms with Crippen LogP contribution in [0.2, 0.25) is 0 Å². The topological polar surface area (TPSA) is 80.5 Å². The quantitative estimate of drug-likeness (QED) is 0.804. The van der Waals surface area contributed by atoms with Gasteiger partial charge in [-0.3, -0.25) is 4.79 Å². The van der Waals surface area contributed by atoms with Crippen molar-refractivity contribution in [2.45, 2.75) is 19.9 Å². The number of nitrogens with zero attached hydrogens (tertiary/aromatic N) is 2. The van der Waals surface area contributed by atoms with Gasteiger partial charge in [0.05, 0.1) is 10.6 Å². The summed E-state index contributed by atoms with van der Waals surface area (Å²) in [6.07, 6.45) is 1.23. The zero-order chi connectivity index (χ0) is 16.3. The molecule has 8 heteroatoms. The van der Waals surface area contributed by atoms with Crippen LogP contribution in [0.3, 0.4) is 0 Å². The van der Waals surface area contributed by atoms with Gasteiger partial charge in [0.1, 0.15) is 0 Å². The number of carbonyl (C=O) groups is 1. The Bertz CT molecular complexity index is 735. The third-order valence-electron chi connectivity index (χ3n) is 3.43. The fourth-order valence-corrected chi connectivity index (χ4v) is 3.85. The molecule has 22 heavy (non-hydrogen) atoms. The van der Waals surface area contributed by atoms with Crippen LogP contribution in [0, 0.1) is 0 Å². The van der Waals surface area contributed by atoms with Crippen LogP contribution in [0.1, 0.15) is 24.3 Å². The maximum Gasteiger partial charge on any atom is 0.276 e. The first kappa shape index (κ1) is 16.7. The highest BCUT2D eigenvalue weighted by molar-refractivity contribution is 7.91. The highest BCUT2D eigenvalue weighted by atomic mass is 32.2. The predicted octanol–water partition coefficient (Wildman–Crippen LogP) is 2.30. The second-order valence-corrected chi connectivity index (χ2v) is 8.32. The molecule has 0 aliphatic carbocycles. The molecule has 1 amide bonds. The molecule has 0 aromatic carbocycles. The molecular formula is C14H18N2O4S2. The molecule has 2 heterocycles. The van der Waals surface area contributed by atoms with E-state index in [2.05, 4.69) is 4.98 Å². The van der Waals surface area contributed by atoms with Gasteiger partial charge in [-0.2, -0.15) is 0 Å². The summed E-state index contributed by atoms with van der Waals surface area (Å²) in [5, 5.41) is 1.88. The average molecular weight is 342 g/mol. The van der Waals surface area contributed by atoms with E-state index in [1.165, 1.54) is 22.6 Å². The molecule has 0 saturated heterocycles. The van der Waals surface area contributed by atoms with Gasteiger partial charge in [0.15, 0.2) is 27.7 Å². The Morgan fingerprint density at radius 1 is 1.50 bits per heavy atom. The van der Waals surface area contributed by atoms with Crippen molar-refractivity contribution < 1.29 is 17.6 Å². The SMILES string of the molecule is CCS(=O)(=O)CC(C)N(C)C(=O)c1ncoc1-c1cccs1. The summed E-state index contributed by atoms with van der Waals surface area (Å²) < 4.78 is 28.7. The maximum atomic E-state index is 12.6. The lowest BCUT2D eigenvalue weighted by Gasteiger charge is -2.24. The fraction of sp³-hybridized carbons (Fsp3) is 0.429. The standard InChI is InChI=1S/C14H18N2O4S2/c1-4-22(18,19)8-10(2)16(3)14(17)12-13(20-9-15-12)11-6-5-7-21-11/h5-7,9-10H,4,8H2,1-3H3.